The van der Waals surface area contributed by atoms with E-state index in [0.29, 0.717) is 35.5 Å². The number of nitrogens with one attached hydrogen (secondary N) is 1. The Bertz CT molecular complexity index is 1010. The maximum absolute atomic E-state index is 12.6. The van der Waals surface area contributed by atoms with Crippen LogP contribution in [0.1, 0.15) is 62.2 Å². The molecule has 1 saturated heterocycles. The van der Waals surface area contributed by atoms with Crippen molar-refractivity contribution in [3.63, 3.8) is 0 Å². The van der Waals surface area contributed by atoms with Crippen LogP contribution in [-0.4, -0.2) is 48.4 Å². The predicted octanol–water partition coefficient (Wildman–Crippen LogP) is 2.97. The van der Waals surface area contributed by atoms with Gasteiger partial charge in [0.05, 0.1) is 23.4 Å². The summed E-state index contributed by atoms with van der Waals surface area (Å²) in [6, 6.07) is 6.58. The van der Waals surface area contributed by atoms with Crippen LogP contribution in [0.2, 0.25) is 0 Å². The molecule has 1 aliphatic heterocycles. The number of Topliss-reactive ketones (excluding diaryl/α,β-unsaturated/α-hetero) is 1. The number of anilines is 1. The number of ketones is 1. The summed E-state index contributed by atoms with van der Waals surface area (Å²) in [7, 11) is 0. The van der Waals surface area contributed by atoms with Crippen molar-refractivity contribution in [2.45, 2.75) is 33.6 Å². The molecule has 0 bridgehead atoms. The van der Waals surface area contributed by atoms with E-state index in [2.05, 4.69) is 4.98 Å². The first-order valence-electron chi connectivity index (χ1n) is 9.80. The summed E-state index contributed by atoms with van der Waals surface area (Å²) in [6.07, 6.45) is 1.27. The van der Waals surface area contributed by atoms with E-state index in [0.717, 1.165) is 6.42 Å². The standard InChI is InChI=1S/C22H24N2O6/c1-4-29-22(28)19-13(2)20(23-14(19)3)17(25)12-30-21(27)15-7-5-8-16(11-15)24-10-6-9-18(24)26/h5,7-8,11,23H,4,6,9-10,12H2,1-3H3. The molecule has 2 heterocycles. The molecule has 8 nitrogen and oxygen atoms in total. The van der Waals surface area contributed by atoms with Crippen molar-refractivity contribution in [2.24, 2.45) is 0 Å². The molecule has 1 fully saturated rings. The largest absolute Gasteiger partial charge is 0.462 e. The number of hydrogen-bond acceptors (Lipinski definition) is 6. The minimum Gasteiger partial charge on any atom is -0.462 e. The van der Waals surface area contributed by atoms with Gasteiger partial charge in [-0.15, -0.1) is 0 Å². The molecule has 1 aromatic carbocycles. The van der Waals surface area contributed by atoms with E-state index >= 15 is 0 Å². The van der Waals surface area contributed by atoms with E-state index < -0.39 is 24.3 Å². The van der Waals surface area contributed by atoms with Gasteiger partial charge < -0.3 is 19.4 Å². The van der Waals surface area contributed by atoms with Crippen LogP contribution in [0.5, 0.6) is 0 Å². The summed E-state index contributed by atoms with van der Waals surface area (Å²) in [6.45, 7) is 5.38. The van der Waals surface area contributed by atoms with Crippen LogP contribution >= 0.6 is 0 Å². The molecule has 1 N–H and O–H groups in total. The second kappa shape index (κ2) is 8.94. The first-order chi connectivity index (χ1) is 14.3. The fourth-order valence-electron chi connectivity index (χ4n) is 3.55. The second-order valence-electron chi connectivity index (χ2n) is 7.04. The van der Waals surface area contributed by atoms with Crippen molar-refractivity contribution in [3.05, 3.63) is 52.3 Å². The molecule has 0 atom stereocenters. The Morgan fingerprint density at radius 2 is 1.90 bits per heavy atom. The molecule has 1 amide bonds. The molecule has 0 saturated carbocycles. The molecular formula is C22H24N2O6. The topological polar surface area (TPSA) is 106 Å². The van der Waals surface area contributed by atoms with Gasteiger partial charge in [-0.3, -0.25) is 9.59 Å². The van der Waals surface area contributed by atoms with E-state index in [1.165, 1.54) is 0 Å². The summed E-state index contributed by atoms with van der Waals surface area (Å²) in [5.41, 5.74) is 2.39. The Hall–Kier alpha value is -3.42. The summed E-state index contributed by atoms with van der Waals surface area (Å²) in [4.78, 5) is 53.5. The van der Waals surface area contributed by atoms with Crippen molar-refractivity contribution < 1.29 is 28.7 Å². The van der Waals surface area contributed by atoms with Crippen molar-refractivity contribution in [1.82, 2.24) is 4.98 Å². The highest BCUT2D eigenvalue weighted by Crippen LogP contribution is 2.23. The van der Waals surface area contributed by atoms with Gasteiger partial charge in [0.1, 0.15) is 0 Å². The van der Waals surface area contributed by atoms with Gasteiger partial charge in [-0.05, 0) is 51.0 Å². The molecule has 0 unspecified atom stereocenters. The van der Waals surface area contributed by atoms with Gasteiger partial charge >= 0.3 is 11.9 Å². The lowest BCUT2D eigenvalue weighted by Gasteiger charge is -2.16. The monoisotopic (exact) mass is 412 g/mol. The zero-order valence-electron chi connectivity index (χ0n) is 17.2. The molecule has 1 aliphatic rings. The van der Waals surface area contributed by atoms with E-state index in [1.54, 1.807) is 49.9 Å². The number of esters is 2. The van der Waals surface area contributed by atoms with Crippen LogP contribution in [0.3, 0.4) is 0 Å². The minimum atomic E-state index is -0.664. The average molecular weight is 412 g/mol. The highest BCUT2D eigenvalue weighted by atomic mass is 16.5. The average Bonchev–Trinajstić information content (AvgIpc) is 3.28. The Kier molecular flexibility index (Phi) is 6.34. The SMILES string of the molecule is CCOC(=O)c1c(C)[nH]c(C(=O)COC(=O)c2cccc(N3CCCC3=O)c2)c1C. The minimum absolute atomic E-state index is 0.0192. The lowest BCUT2D eigenvalue weighted by molar-refractivity contribution is -0.117. The number of carbonyl (C=O) groups is 4. The third kappa shape index (κ3) is 4.27. The number of aromatic amines is 1. The van der Waals surface area contributed by atoms with Crippen molar-refractivity contribution >= 4 is 29.3 Å². The molecule has 0 aliphatic carbocycles. The number of aryl methyl sites for hydroxylation is 1. The Morgan fingerprint density at radius 1 is 1.13 bits per heavy atom. The first-order valence-corrected chi connectivity index (χ1v) is 9.80. The van der Waals surface area contributed by atoms with Crippen LogP contribution in [0, 0.1) is 13.8 Å². The van der Waals surface area contributed by atoms with Gasteiger partial charge in [-0.1, -0.05) is 6.07 Å². The maximum atomic E-state index is 12.6. The zero-order valence-corrected chi connectivity index (χ0v) is 17.2. The number of nitrogens with zero attached hydrogens (tertiary/aromatic N) is 1. The number of benzene rings is 1. The lowest BCUT2D eigenvalue weighted by Crippen LogP contribution is -2.24. The van der Waals surface area contributed by atoms with E-state index in [4.69, 9.17) is 9.47 Å². The third-order valence-corrected chi connectivity index (χ3v) is 5.00. The van der Waals surface area contributed by atoms with E-state index in [1.807, 2.05) is 0 Å². The number of hydrogen-bond donors (Lipinski definition) is 1. The van der Waals surface area contributed by atoms with Gasteiger partial charge in [-0.2, -0.15) is 0 Å². The Balaban J connectivity index is 1.68. The molecule has 3 rings (SSSR count). The molecule has 0 radical (unpaired) electrons. The normalized spacial score (nSPS) is 13.4. The van der Waals surface area contributed by atoms with Crippen molar-refractivity contribution in [1.29, 1.82) is 0 Å². The van der Waals surface area contributed by atoms with Crippen molar-refractivity contribution in [3.8, 4) is 0 Å². The Morgan fingerprint density at radius 3 is 2.57 bits per heavy atom. The van der Waals surface area contributed by atoms with E-state index in [-0.39, 0.29) is 23.8 Å². The third-order valence-electron chi connectivity index (χ3n) is 5.00. The van der Waals surface area contributed by atoms with Gasteiger partial charge in [-0.25, -0.2) is 9.59 Å². The molecule has 0 spiro atoms. The highest BCUT2D eigenvalue weighted by molar-refractivity contribution is 6.03. The van der Waals surface area contributed by atoms with E-state index in [9.17, 15) is 19.2 Å². The fraction of sp³-hybridized carbons (Fsp3) is 0.364. The van der Waals surface area contributed by atoms with Crippen LogP contribution < -0.4 is 4.90 Å². The number of H-pyrrole nitrogens is 1. The van der Waals surface area contributed by atoms with Crippen LogP contribution in [0.15, 0.2) is 24.3 Å². The van der Waals surface area contributed by atoms with Crippen LogP contribution in [0.25, 0.3) is 0 Å². The summed E-state index contributed by atoms with van der Waals surface area (Å²) in [5.74, 6) is -1.60. The predicted molar refractivity (Wildman–Crippen MR) is 109 cm³/mol. The quantitative estimate of drug-likeness (QED) is 0.554. The Labute approximate surface area is 174 Å². The van der Waals surface area contributed by atoms with Gasteiger partial charge in [0.15, 0.2) is 6.61 Å². The summed E-state index contributed by atoms with van der Waals surface area (Å²) >= 11 is 0. The molecule has 30 heavy (non-hydrogen) atoms. The molecule has 1 aromatic heterocycles. The molecular weight excluding hydrogens is 388 g/mol. The number of rotatable bonds is 7. The first kappa shape index (κ1) is 21.3. The molecule has 158 valence electrons. The maximum Gasteiger partial charge on any atom is 0.340 e. The molecule has 8 heteroatoms. The zero-order chi connectivity index (χ0) is 21.8. The lowest BCUT2D eigenvalue weighted by atomic mass is 10.1. The summed E-state index contributed by atoms with van der Waals surface area (Å²) < 4.78 is 10.2. The van der Waals surface area contributed by atoms with Gasteiger partial charge in [0.25, 0.3) is 0 Å². The second-order valence-corrected chi connectivity index (χ2v) is 7.04. The smallest absolute Gasteiger partial charge is 0.340 e. The highest BCUT2D eigenvalue weighted by Gasteiger charge is 2.25. The fourth-order valence-corrected chi connectivity index (χ4v) is 3.55. The van der Waals surface area contributed by atoms with Crippen molar-refractivity contribution in [2.75, 3.05) is 24.7 Å². The number of carbonyl (C=O) groups excluding carboxylic acids is 4. The van der Waals surface area contributed by atoms with Gasteiger partial charge in [0, 0.05) is 24.3 Å². The number of ether oxygens (including phenoxy) is 2. The molecule has 2 aromatic rings. The van der Waals surface area contributed by atoms with Gasteiger partial charge in [0.2, 0.25) is 11.7 Å². The summed E-state index contributed by atoms with van der Waals surface area (Å²) in [5, 5.41) is 0. The number of aromatic nitrogens is 1. The van der Waals surface area contributed by atoms with Crippen LogP contribution in [-0.2, 0) is 14.3 Å². The number of amides is 1. The van der Waals surface area contributed by atoms with Crippen LogP contribution in [0.4, 0.5) is 5.69 Å².